The van der Waals surface area contributed by atoms with Gasteiger partial charge in [0.05, 0.1) is 28.6 Å². The average Bonchev–Trinajstić information content (AvgIpc) is 2.49. The number of hydrogen-bond acceptors (Lipinski definition) is 1. The Hall–Kier alpha value is -0.510. The van der Waals surface area contributed by atoms with Crippen LogP contribution in [0, 0.1) is 5.92 Å². The second-order valence-electron chi connectivity index (χ2n) is 4.74. The summed E-state index contributed by atoms with van der Waals surface area (Å²) in [6, 6.07) is 9.43. The summed E-state index contributed by atoms with van der Waals surface area (Å²) in [5, 5.41) is 0. The number of hydrogen-bond donors (Lipinski definition) is 0. The van der Waals surface area contributed by atoms with Crippen LogP contribution >= 0.6 is 22.9 Å². The fourth-order valence-electron chi connectivity index (χ4n) is 2.87. The van der Waals surface area contributed by atoms with Crippen LogP contribution < -0.4 is 3.11 Å². The van der Waals surface area contributed by atoms with Gasteiger partial charge in [0, 0.05) is 6.04 Å². The van der Waals surface area contributed by atoms with E-state index in [1.807, 2.05) is 0 Å². The number of nitrogens with zero attached hydrogens (tertiary/aromatic N) is 1. The molecular weight excluding hydrogens is 309 g/mol. The van der Waals surface area contributed by atoms with Crippen molar-refractivity contribution in [2.45, 2.75) is 31.7 Å². The van der Waals surface area contributed by atoms with Gasteiger partial charge in [-0.15, -0.1) is 0 Å². The van der Waals surface area contributed by atoms with E-state index >= 15 is 0 Å². The normalized spacial score (nSPS) is 28.2. The number of benzene rings is 1. The molecule has 1 aromatic carbocycles. The van der Waals surface area contributed by atoms with Gasteiger partial charge in [-0.05, 0) is 30.4 Å². The van der Waals surface area contributed by atoms with Crippen LogP contribution in [0.15, 0.2) is 30.3 Å². The molecule has 0 aromatic heterocycles. The molecule has 0 amide bonds. The molecule has 1 aromatic rings. The Balaban J connectivity index is 2.03. The molecule has 1 aliphatic heterocycles. The van der Waals surface area contributed by atoms with Gasteiger partial charge in [-0.25, -0.2) is 0 Å². The zero-order valence-electron chi connectivity index (χ0n) is 9.27. The Labute approximate surface area is 111 Å². The topological polar surface area (TPSA) is 3.24 Å². The van der Waals surface area contributed by atoms with Crippen molar-refractivity contribution in [3.63, 3.8) is 0 Å². The van der Waals surface area contributed by atoms with Gasteiger partial charge in [-0.2, -0.15) is 0 Å². The number of para-hydroxylation sites is 1. The highest BCUT2D eigenvalue weighted by Crippen LogP contribution is 2.39. The fraction of sp³-hybridized carbons (Fsp3) is 0.429. The first-order valence-corrected chi connectivity index (χ1v) is 7.05. The molecule has 16 heavy (non-hydrogen) atoms. The maximum Gasteiger partial charge on any atom is 0.0594 e. The Morgan fingerprint density at radius 1 is 1.12 bits per heavy atom. The van der Waals surface area contributed by atoms with Crippen LogP contribution in [0.25, 0.3) is 6.08 Å². The van der Waals surface area contributed by atoms with Gasteiger partial charge >= 0.3 is 0 Å². The molecule has 84 valence electrons. The van der Waals surface area contributed by atoms with Gasteiger partial charge in [0.25, 0.3) is 0 Å². The number of rotatable bonds is 0. The van der Waals surface area contributed by atoms with Crippen LogP contribution in [0.1, 0.15) is 31.2 Å². The molecule has 0 radical (unpaired) electrons. The summed E-state index contributed by atoms with van der Waals surface area (Å²) < 4.78 is 2.47. The molecule has 2 atom stereocenters. The van der Waals surface area contributed by atoms with E-state index in [1.54, 1.807) is 0 Å². The fourth-order valence-corrected chi connectivity index (χ4v) is 4.01. The standard InChI is InChI=1S/C14H16IN/c15-16-13-7-3-1-5-11(13)9-10-12-6-2-4-8-14(12)16/h1,3,5,7,9-10,12,14H,2,4,6,8H2. The van der Waals surface area contributed by atoms with Gasteiger partial charge < -0.3 is 3.11 Å². The lowest BCUT2D eigenvalue weighted by Gasteiger charge is -2.35. The number of halogens is 1. The maximum atomic E-state index is 2.50. The average molecular weight is 325 g/mol. The Kier molecular flexibility index (Phi) is 2.92. The van der Waals surface area contributed by atoms with E-state index in [9.17, 15) is 0 Å². The van der Waals surface area contributed by atoms with E-state index in [0.29, 0.717) is 6.04 Å². The first-order chi connectivity index (χ1) is 7.86. The van der Waals surface area contributed by atoms with Crippen LogP contribution in [-0.4, -0.2) is 6.04 Å². The summed E-state index contributed by atoms with van der Waals surface area (Å²) in [5.41, 5.74) is 2.75. The van der Waals surface area contributed by atoms with Crippen molar-refractivity contribution in [3.05, 3.63) is 35.9 Å². The first-order valence-electron chi connectivity index (χ1n) is 6.08. The highest BCUT2D eigenvalue weighted by Gasteiger charge is 2.30. The lowest BCUT2D eigenvalue weighted by molar-refractivity contribution is 0.373. The smallest absolute Gasteiger partial charge is 0.0594 e. The van der Waals surface area contributed by atoms with Gasteiger partial charge in [0.2, 0.25) is 0 Å². The van der Waals surface area contributed by atoms with Crippen molar-refractivity contribution >= 4 is 34.6 Å². The SMILES string of the molecule is IN1c2ccccc2C=CC2CCCCC21. The molecule has 2 aliphatic rings. The van der Waals surface area contributed by atoms with E-state index in [1.165, 1.54) is 36.9 Å². The summed E-state index contributed by atoms with van der Waals surface area (Å²) in [7, 11) is 0. The van der Waals surface area contributed by atoms with Gasteiger partial charge in [-0.1, -0.05) is 43.2 Å². The van der Waals surface area contributed by atoms with E-state index in [-0.39, 0.29) is 0 Å². The van der Waals surface area contributed by atoms with Crippen molar-refractivity contribution in [1.29, 1.82) is 0 Å². The molecular formula is C14H16IN. The molecule has 1 aliphatic carbocycles. The Morgan fingerprint density at radius 3 is 2.88 bits per heavy atom. The predicted molar refractivity (Wildman–Crippen MR) is 77.7 cm³/mol. The molecule has 1 saturated carbocycles. The summed E-state index contributed by atoms with van der Waals surface area (Å²) in [4.78, 5) is 0. The molecule has 1 heterocycles. The Bertz CT molecular complexity index is 413. The van der Waals surface area contributed by atoms with Crippen molar-refractivity contribution in [1.82, 2.24) is 0 Å². The third-order valence-corrected chi connectivity index (χ3v) is 5.00. The number of anilines is 1. The van der Waals surface area contributed by atoms with Gasteiger partial charge in [0.1, 0.15) is 0 Å². The van der Waals surface area contributed by atoms with Crippen molar-refractivity contribution in [2.75, 3.05) is 3.11 Å². The molecule has 1 nitrogen and oxygen atoms in total. The quantitative estimate of drug-likeness (QED) is 0.504. The lowest BCUT2D eigenvalue weighted by Crippen LogP contribution is -2.35. The lowest BCUT2D eigenvalue weighted by atomic mass is 9.84. The molecule has 2 unspecified atom stereocenters. The van der Waals surface area contributed by atoms with E-state index in [2.05, 4.69) is 62.4 Å². The zero-order valence-corrected chi connectivity index (χ0v) is 11.4. The second kappa shape index (κ2) is 4.40. The minimum atomic E-state index is 0.703. The summed E-state index contributed by atoms with van der Waals surface area (Å²) in [6.07, 6.45) is 10.2. The third kappa shape index (κ3) is 1.77. The molecule has 3 rings (SSSR count). The predicted octanol–water partition coefficient (Wildman–Crippen LogP) is 4.43. The van der Waals surface area contributed by atoms with Crippen molar-refractivity contribution in [3.8, 4) is 0 Å². The van der Waals surface area contributed by atoms with Crippen LogP contribution in [0.5, 0.6) is 0 Å². The Morgan fingerprint density at radius 2 is 1.94 bits per heavy atom. The van der Waals surface area contributed by atoms with Crippen LogP contribution in [0.3, 0.4) is 0 Å². The summed E-state index contributed by atoms with van der Waals surface area (Å²) >= 11 is 2.50. The van der Waals surface area contributed by atoms with Crippen molar-refractivity contribution in [2.24, 2.45) is 5.92 Å². The second-order valence-corrected chi connectivity index (χ2v) is 5.78. The van der Waals surface area contributed by atoms with Gasteiger partial charge in [0.15, 0.2) is 0 Å². The first kappa shape index (κ1) is 10.6. The summed E-state index contributed by atoms with van der Waals surface area (Å²) in [5.74, 6) is 0.748. The van der Waals surface area contributed by atoms with E-state index in [4.69, 9.17) is 0 Å². The maximum absolute atomic E-state index is 2.50. The largest absolute Gasteiger partial charge is 0.311 e. The number of fused-ring (bicyclic) bond motifs is 2. The zero-order chi connectivity index (χ0) is 11.0. The molecule has 0 bridgehead atoms. The van der Waals surface area contributed by atoms with Crippen molar-refractivity contribution < 1.29 is 0 Å². The van der Waals surface area contributed by atoms with Gasteiger partial charge in [-0.3, -0.25) is 0 Å². The molecule has 0 spiro atoms. The van der Waals surface area contributed by atoms with E-state index in [0.717, 1.165) is 5.92 Å². The van der Waals surface area contributed by atoms with Crippen LogP contribution in [-0.2, 0) is 0 Å². The molecule has 0 saturated heterocycles. The highest BCUT2D eigenvalue weighted by molar-refractivity contribution is 14.1. The van der Waals surface area contributed by atoms with Crippen LogP contribution in [0.4, 0.5) is 5.69 Å². The summed E-state index contributed by atoms with van der Waals surface area (Å²) in [6.45, 7) is 0. The molecule has 0 N–H and O–H groups in total. The third-order valence-electron chi connectivity index (χ3n) is 3.76. The van der Waals surface area contributed by atoms with E-state index < -0.39 is 0 Å². The minimum Gasteiger partial charge on any atom is -0.311 e. The monoisotopic (exact) mass is 325 g/mol. The molecule has 2 heteroatoms. The highest BCUT2D eigenvalue weighted by atomic mass is 127. The molecule has 1 fully saturated rings. The minimum absolute atomic E-state index is 0.703. The van der Waals surface area contributed by atoms with Crippen LogP contribution in [0.2, 0.25) is 0 Å².